The van der Waals surface area contributed by atoms with Gasteiger partial charge in [0, 0.05) is 11.3 Å². The zero-order valence-corrected chi connectivity index (χ0v) is 12.3. The highest BCUT2D eigenvalue weighted by atomic mass is 16.7. The predicted octanol–water partition coefficient (Wildman–Crippen LogP) is -3.58. The van der Waals surface area contributed by atoms with Crippen LogP contribution in [-0.4, -0.2) is 91.9 Å². The van der Waals surface area contributed by atoms with E-state index in [1.165, 1.54) is 0 Å². The third kappa shape index (κ3) is 4.52. The molecule has 13 nitrogen and oxygen atoms in total. The van der Waals surface area contributed by atoms with Crippen molar-refractivity contribution in [3.63, 3.8) is 0 Å². The average Bonchev–Trinajstić information content (AvgIpc) is 2.53. The number of nitrogens with zero attached hydrogens (tertiary/aromatic N) is 3. The van der Waals surface area contributed by atoms with Crippen molar-refractivity contribution in [2.45, 2.75) is 42.7 Å². The van der Waals surface area contributed by atoms with Gasteiger partial charge in [-0.3, -0.25) is 4.79 Å². The summed E-state index contributed by atoms with van der Waals surface area (Å²) in [4.78, 5) is 25.0. The summed E-state index contributed by atoms with van der Waals surface area (Å²) in [6.07, 6.45) is -8.03. The Labute approximate surface area is 134 Å². The Bertz CT molecular complexity index is 526. The summed E-state index contributed by atoms with van der Waals surface area (Å²) < 4.78 is 4.87. The van der Waals surface area contributed by atoms with Crippen molar-refractivity contribution in [2.75, 3.05) is 13.2 Å². The lowest BCUT2D eigenvalue weighted by Gasteiger charge is -2.44. The highest BCUT2D eigenvalue weighted by Crippen LogP contribution is 2.30. The fourth-order valence-electron chi connectivity index (χ4n) is 2.23. The molecule has 0 aromatic carbocycles. The molecule has 24 heavy (non-hydrogen) atoms. The highest BCUT2D eigenvalue weighted by molar-refractivity contribution is 5.79. The zero-order valence-electron chi connectivity index (χ0n) is 12.3. The quantitative estimate of drug-likeness (QED) is 0.137. The molecule has 1 aliphatic rings. The van der Waals surface area contributed by atoms with Gasteiger partial charge in [-0.1, -0.05) is 5.11 Å². The molecular weight excluding hydrogens is 332 g/mol. The van der Waals surface area contributed by atoms with Crippen molar-refractivity contribution in [1.82, 2.24) is 5.32 Å². The molecular formula is C11H18N4O9. The number of carbonyl (C=O) groups excluding carboxylic acids is 1. The molecule has 1 fully saturated rings. The first-order valence-electron chi connectivity index (χ1n) is 6.75. The number of hydrogen-bond donors (Lipinski definition) is 7. The van der Waals surface area contributed by atoms with Crippen LogP contribution in [0.15, 0.2) is 5.11 Å². The molecule has 1 rings (SSSR count). The van der Waals surface area contributed by atoms with Crippen molar-refractivity contribution in [1.29, 1.82) is 0 Å². The van der Waals surface area contributed by atoms with Gasteiger partial charge in [0.1, 0.15) is 24.9 Å². The van der Waals surface area contributed by atoms with E-state index in [1.807, 2.05) is 0 Å². The van der Waals surface area contributed by atoms with Crippen molar-refractivity contribution in [3.05, 3.63) is 10.4 Å². The van der Waals surface area contributed by atoms with E-state index in [4.69, 9.17) is 20.5 Å². The lowest BCUT2D eigenvalue weighted by molar-refractivity contribution is -0.295. The van der Waals surface area contributed by atoms with Gasteiger partial charge in [-0.2, -0.15) is 0 Å². The fraction of sp³-hybridized carbons (Fsp3) is 0.818. The Morgan fingerprint density at radius 2 is 2.08 bits per heavy atom. The van der Waals surface area contributed by atoms with Gasteiger partial charge in [-0.15, -0.1) is 0 Å². The number of nitrogens with one attached hydrogen (secondary N) is 1. The molecule has 7 N–H and O–H groups in total. The monoisotopic (exact) mass is 350 g/mol. The van der Waals surface area contributed by atoms with Gasteiger partial charge in [0.05, 0.1) is 18.8 Å². The lowest BCUT2D eigenvalue weighted by atomic mass is 9.88. The second kappa shape index (κ2) is 8.21. The van der Waals surface area contributed by atoms with E-state index >= 15 is 0 Å². The van der Waals surface area contributed by atoms with Crippen molar-refractivity contribution < 1.29 is 45.0 Å². The molecule has 0 saturated carbocycles. The third-order valence-corrected chi connectivity index (χ3v) is 3.44. The van der Waals surface area contributed by atoms with Crippen molar-refractivity contribution >= 4 is 11.9 Å². The van der Waals surface area contributed by atoms with Gasteiger partial charge in [0.2, 0.25) is 5.91 Å². The molecule has 1 amide bonds. The summed E-state index contributed by atoms with van der Waals surface area (Å²) in [5.74, 6) is -5.60. The van der Waals surface area contributed by atoms with Gasteiger partial charge in [-0.05, 0) is 5.53 Å². The lowest BCUT2D eigenvalue weighted by Crippen LogP contribution is -2.67. The topological polar surface area (TPSA) is 226 Å². The highest BCUT2D eigenvalue weighted by Gasteiger charge is 2.53. The molecule has 1 heterocycles. The molecule has 0 spiro atoms. The zero-order chi connectivity index (χ0) is 18.5. The summed E-state index contributed by atoms with van der Waals surface area (Å²) in [7, 11) is 0. The van der Waals surface area contributed by atoms with Crippen LogP contribution in [0.3, 0.4) is 0 Å². The van der Waals surface area contributed by atoms with Gasteiger partial charge < -0.3 is 40.7 Å². The number of carboxylic acids is 1. The number of hydrogen-bond acceptors (Lipinski definition) is 9. The molecule has 0 radical (unpaired) electrons. The number of aliphatic hydroxyl groups is 5. The van der Waals surface area contributed by atoms with E-state index in [-0.39, 0.29) is 0 Å². The minimum Gasteiger partial charge on any atom is -0.477 e. The molecule has 13 heteroatoms. The molecule has 0 bridgehead atoms. The first-order valence-corrected chi connectivity index (χ1v) is 6.75. The predicted molar refractivity (Wildman–Crippen MR) is 73.1 cm³/mol. The maximum Gasteiger partial charge on any atom is 0.364 e. The van der Waals surface area contributed by atoms with Crippen LogP contribution >= 0.6 is 0 Å². The van der Waals surface area contributed by atoms with Crippen LogP contribution < -0.4 is 5.32 Å². The Morgan fingerprint density at radius 1 is 1.46 bits per heavy atom. The largest absolute Gasteiger partial charge is 0.477 e. The van der Waals surface area contributed by atoms with Crippen LogP contribution in [0.25, 0.3) is 10.4 Å². The number of rotatable bonds is 7. The van der Waals surface area contributed by atoms with E-state index in [2.05, 4.69) is 15.3 Å². The Kier molecular flexibility index (Phi) is 6.86. The molecule has 1 saturated heterocycles. The number of azide groups is 1. The van der Waals surface area contributed by atoms with Gasteiger partial charge in [-0.25, -0.2) is 4.79 Å². The molecule has 136 valence electrons. The molecule has 6 atom stereocenters. The first kappa shape index (κ1) is 20.1. The Hall–Kier alpha value is -1.99. The minimum atomic E-state index is -2.87. The van der Waals surface area contributed by atoms with Crippen molar-refractivity contribution in [2.24, 2.45) is 5.11 Å². The van der Waals surface area contributed by atoms with Crippen LogP contribution in [0, 0.1) is 0 Å². The third-order valence-electron chi connectivity index (χ3n) is 3.44. The minimum absolute atomic E-state index is 0.645. The maximum atomic E-state index is 11.6. The number of aliphatic carboxylic acids is 1. The first-order chi connectivity index (χ1) is 11.2. The van der Waals surface area contributed by atoms with E-state index in [0.29, 0.717) is 0 Å². The summed E-state index contributed by atoms with van der Waals surface area (Å²) in [6, 6.07) is -1.44. The summed E-state index contributed by atoms with van der Waals surface area (Å²) in [6.45, 7) is -1.57. The normalized spacial score (nSPS) is 32.3. The number of amides is 1. The molecule has 1 aliphatic heterocycles. The van der Waals surface area contributed by atoms with E-state index in [9.17, 15) is 30.0 Å². The van der Waals surface area contributed by atoms with Gasteiger partial charge >= 0.3 is 5.97 Å². The SMILES string of the molecule is [N-]=[N+]=NCC(=O)N[C@H]1C([C@H](O)[C@H](O)CO)O[C@](O)(C(=O)O)C[C@H]1O. The standard InChI is InChI=1S/C11H18N4O9/c12-15-13-2-6(19)14-7-4(17)1-11(23,10(21)22)24-9(7)8(20)5(18)3-16/h4-5,7-9,16-18,20,23H,1-3H2,(H,14,19)(H,21,22)/t4-,5-,7-,8-,9?,11+/m1/s1. The molecule has 1 unspecified atom stereocenters. The van der Waals surface area contributed by atoms with E-state index < -0.39 is 67.7 Å². The average molecular weight is 350 g/mol. The second-order valence-corrected chi connectivity index (χ2v) is 5.17. The van der Waals surface area contributed by atoms with Crippen molar-refractivity contribution in [3.8, 4) is 0 Å². The van der Waals surface area contributed by atoms with Gasteiger partial charge in [0.25, 0.3) is 5.79 Å². The van der Waals surface area contributed by atoms with E-state index in [1.54, 1.807) is 0 Å². The molecule has 0 aromatic heterocycles. The number of carbonyl (C=O) groups is 2. The summed E-state index contributed by atoms with van der Waals surface area (Å²) in [5.41, 5.74) is 8.15. The number of ether oxygens (including phenoxy) is 1. The van der Waals surface area contributed by atoms with Crippen LogP contribution in [0.5, 0.6) is 0 Å². The number of aliphatic hydroxyl groups excluding tert-OH is 4. The summed E-state index contributed by atoms with van der Waals surface area (Å²) >= 11 is 0. The Morgan fingerprint density at radius 3 is 2.58 bits per heavy atom. The molecule has 0 aliphatic carbocycles. The fourth-order valence-corrected chi connectivity index (χ4v) is 2.23. The second-order valence-electron chi connectivity index (χ2n) is 5.17. The van der Waals surface area contributed by atoms with Crippen LogP contribution in [0.1, 0.15) is 6.42 Å². The van der Waals surface area contributed by atoms with Crippen LogP contribution in [0.4, 0.5) is 0 Å². The maximum absolute atomic E-state index is 11.6. The smallest absolute Gasteiger partial charge is 0.364 e. The van der Waals surface area contributed by atoms with Crippen LogP contribution in [0.2, 0.25) is 0 Å². The van der Waals surface area contributed by atoms with Crippen LogP contribution in [-0.2, 0) is 14.3 Å². The summed E-state index contributed by atoms with van der Waals surface area (Å²) in [5, 5.41) is 62.3. The number of carboxylic acid groups (broad SMARTS) is 1. The van der Waals surface area contributed by atoms with E-state index in [0.717, 1.165) is 0 Å². The Balaban J connectivity index is 3.06. The molecule has 0 aromatic rings. The van der Waals surface area contributed by atoms with Gasteiger partial charge in [0.15, 0.2) is 0 Å².